The van der Waals surface area contributed by atoms with Gasteiger partial charge in [0, 0.05) is 19.0 Å². The number of nitrogens with one attached hydrogen (secondary N) is 2. The number of fused-ring (bicyclic) bond motifs is 1. The molecule has 6 heteroatoms. The smallest absolute Gasteiger partial charge is 0.247 e. The summed E-state index contributed by atoms with van der Waals surface area (Å²) in [6.45, 7) is 2.03. The average molecular weight is 359 g/mol. The van der Waals surface area contributed by atoms with Crippen molar-refractivity contribution in [2.45, 2.75) is 57.5 Å². The van der Waals surface area contributed by atoms with E-state index in [1.807, 2.05) is 6.07 Å². The predicted octanol–water partition coefficient (Wildman–Crippen LogP) is 2.59. The molecule has 0 radical (unpaired) electrons. The first-order valence-electron chi connectivity index (χ1n) is 9.77. The monoisotopic (exact) mass is 359 g/mol. The molecule has 1 saturated heterocycles. The third kappa shape index (κ3) is 3.22. The summed E-state index contributed by atoms with van der Waals surface area (Å²) in [7, 11) is 0. The third-order valence-corrected chi connectivity index (χ3v) is 6.01. The number of nitrogens with zero attached hydrogens (tertiary/aromatic N) is 1. The van der Waals surface area contributed by atoms with Crippen LogP contribution < -0.4 is 10.6 Å². The summed E-state index contributed by atoms with van der Waals surface area (Å²) < 4.78 is 14.8. The van der Waals surface area contributed by atoms with E-state index in [1.165, 1.54) is 0 Å². The normalized spacial score (nSPS) is 23.1. The molecule has 2 N–H and O–H groups in total. The zero-order valence-corrected chi connectivity index (χ0v) is 15.0. The minimum absolute atomic E-state index is 0.0661. The zero-order valence-electron chi connectivity index (χ0n) is 15.0. The van der Waals surface area contributed by atoms with Crippen LogP contribution in [0.3, 0.4) is 0 Å². The third-order valence-electron chi connectivity index (χ3n) is 6.01. The maximum atomic E-state index is 14.8. The zero-order chi connectivity index (χ0) is 18.1. The standard InChI is InChI=1S/C20H26FN3O2/c21-18-15-9-10-22-12-14(15)7-8-16(18)23-19(25)17-6-3-11-24(17)20(26)13-4-1-2-5-13/h7-8,13,17,22H,1-6,9-12H2,(H,23,25). The van der Waals surface area contributed by atoms with Gasteiger partial charge in [0.05, 0.1) is 5.69 Å². The van der Waals surface area contributed by atoms with E-state index >= 15 is 0 Å². The first-order chi connectivity index (χ1) is 12.6. The molecule has 2 fully saturated rings. The van der Waals surface area contributed by atoms with Crippen molar-refractivity contribution in [3.8, 4) is 0 Å². The fourth-order valence-corrected chi connectivity index (χ4v) is 4.56. The molecule has 1 aromatic rings. The van der Waals surface area contributed by atoms with Gasteiger partial charge in [-0.1, -0.05) is 18.9 Å². The topological polar surface area (TPSA) is 61.4 Å². The van der Waals surface area contributed by atoms with E-state index in [-0.39, 0.29) is 29.2 Å². The molecular weight excluding hydrogens is 333 g/mol. The summed E-state index contributed by atoms with van der Waals surface area (Å²) in [5, 5.41) is 5.97. The Morgan fingerprint density at radius 2 is 1.96 bits per heavy atom. The molecule has 3 aliphatic rings. The number of rotatable bonds is 3. The lowest BCUT2D eigenvalue weighted by Gasteiger charge is -2.27. The van der Waals surface area contributed by atoms with Crippen LogP contribution in [0.15, 0.2) is 12.1 Å². The number of carbonyl (C=O) groups excluding carboxylic acids is 2. The van der Waals surface area contributed by atoms with Gasteiger partial charge >= 0.3 is 0 Å². The van der Waals surface area contributed by atoms with E-state index in [0.717, 1.165) is 44.2 Å². The van der Waals surface area contributed by atoms with E-state index in [9.17, 15) is 14.0 Å². The number of hydrogen-bond donors (Lipinski definition) is 2. The fraction of sp³-hybridized carbons (Fsp3) is 0.600. The summed E-state index contributed by atoms with van der Waals surface area (Å²) in [4.78, 5) is 27.2. The molecule has 2 heterocycles. The Morgan fingerprint density at radius 3 is 2.77 bits per heavy atom. The maximum Gasteiger partial charge on any atom is 0.247 e. The fourth-order valence-electron chi connectivity index (χ4n) is 4.56. The van der Waals surface area contributed by atoms with E-state index in [0.29, 0.717) is 31.5 Å². The summed E-state index contributed by atoms with van der Waals surface area (Å²) in [5.41, 5.74) is 1.87. The van der Waals surface area contributed by atoms with Gasteiger partial charge in [0.1, 0.15) is 11.9 Å². The van der Waals surface area contributed by atoms with Gasteiger partial charge < -0.3 is 15.5 Å². The Bertz CT molecular complexity index is 715. The van der Waals surface area contributed by atoms with Crippen LogP contribution in [-0.4, -0.2) is 35.8 Å². The number of amides is 2. The number of benzene rings is 1. The predicted molar refractivity (Wildman–Crippen MR) is 97.1 cm³/mol. The highest BCUT2D eigenvalue weighted by Gasteiger charge is 2.38. The highest BCUT2D eigenvalue weighted by molar-refractivity contribution is 5.98. The van der Waals surface area contributed by atoms with Gasteiger partial charge in [-0.05, 0) is 55.8 Å². The number of halogens is 1. The summed E-state index contributed by atoms with van der Waals surface area (Å²) in [5.74, 6) is -0.417. The molecule has 0 spiro atoms. The van der Waals surface area contributed by atoms with Crippen LogP contribution >= 0.6 is 0 Å². The molecule has 5 nitrogen and oxygen atoms in total. The second kappa shape index (κ2) is 7.35. The first kappa shape index (κ1) is 17.5. The van der Waals surface area contributed by atoms with Crippen molar-refractivity contribution in [2.75, 3.05) is 18.4 Å². The van der Waals surface area contributed by atoms with Crippen molar-refractivity contribution >= 4 is 17.5 Å². The molecule has 2 amide bonds. The molecule has 1 atom stereocenters. The van der Waals surface area contributed by atoms with Crippen molar-refractivity contribution in [3.63, 3.8) is 0 Å². The van der Waals surface area contributed by atoms with Crippen LogP contribution in [0.1, 0.15) is 49.7 Å². The van der Waals surface area contributed by atoms with Gasteiger partial charge in [-0.25, -0.2) is 4.39 Å². The molecule has 0 aromatic heterocycles. The second-order valence-electron chi connectivity index (χ2n) is 7.65. The van der Waals surface area contributed by atoms with Crippen molar-refractivity contribution < 1.29 is 14.0 Å². The number of carbonyl (C=O) groups is 2. The van der Waals surface area contributed by atoms with Crippen LogP contribution in [0.5, 0.6) is 0 Å². The Morgan fingerprint density at radius 1 is 1.15 bits per heavy atom. The molecule has 1 aromatic carbocycles. The lowest BCUT2D eigenvalue weighted by atomic mass is 9.99. The van der Waals surface area contributed by atoms with E-state index in [1.54, 1.807) is 11.0 Å². The lowest BCUT2D eigenvalue weighted by Crippen LogP contribution is -2.45. The molecule has 0 bridgehead atoms. The van der Waals surface area contributed by atoms with Gasteiger partial charge in [0.2, 0.25) is 11.8 Å². The number of hydrogen-bond acceptors (Lipinski definition) is 3. The Labute approximate surface area is 153 Å². The minimum atomic E-state index is -0.472. The van der Waals surface area contributed by atoms with Crippen LogP contribution in [0.4, 0.5) is 10.1 Å². The molecule has 26 heavy (non-hydrogen) atoms. The van der Waals surface area contributed by atoms with Crippen LogP contribution in [-0.2, 0) is 22.6 Å². The molecule has 1 aliphatic carbocycles. The largest absolute Gasteiger partial charge is 0.330 e. The molecule has 2 aliphatic heterocycles. The van der Waals surface area contributed by atoms with Crippen molar-refractivity contribution in [3.05, 3.63) is 29.1 Å². The number of likely N-dealkylation sites (tertiary alicyclic amines) is 1. The molecule has 4 rings (SSSR count). The maximum absolute atomic E-state index is 14.8. The van der Waals surface area contributed by atoms with Gasteiger partial charge in [0.15, 0.2) is 0 Å². The van der Waals surface area contributed by atoms with Crippen molar-refractivity contribution in [2.24, 2.45) is 5.92 Å². The second-order valence-corrected chi connectivity index (χ2v) is 7.65. The van der Waals surface area contributed by atoms with E-state index < -0.39 is 6.04 Å². The highest BCUT2D eigenvalue weighted by Crippen LogP contribution is 2.31. The Kier molecular flexibility index (Phi) is 4.94. The van der Waals surface area contributed by atoms with Crippen LogP contribution in [0, 0.1) is 11.7 Å². The van der Waals surface area contributed by atoms with E-state index in [2.05, 4.69) is 10.6 Å². The molecule has 1 unspecified atom stereocenters. The summed E-state index contributed by atoms with van der Waals surface area (Å²) in [6.07, 6.45) is 6.15. The quantitative estimate of drug-likeness (QED) is 0.872. The van der Waals surface area contributed by atoms with Gasteiger partial charge in [-0.15, -0.1) is 0 Å². The lowest BCUT2D eigenvalue weighted by molar-refractivity contribution is -0.140. The number of anilines is 1. The van der Waals surface area contributed by atoms with Crippen LogP contribution in [0.25, 0.3) is 0 Å². The van der Waals surface area contributed by atoms with E-state index in [4.69, 9.17) is 0 Å². The van der Waals surface area contributed by atoms with Crippen molar-refractivity contribution in [1.29, 1.82) is 0 Å². The molecule has 1 saturated carbocycles. The molecular formula is C20H26FN3O2. The average Bonchev–Trinajstić information content (AvgIpc) is 3.35. The van der Waals surface area contributed by atoms with Crippen molar-refractivity contribution in [1.82, 2.24) is 10.2 Å². The molecule has 140 valence electrons. The SMILES string of the molecule is O=C(Nc1ccc2c(c1F)CCNC2)C1CCCN1C(=O)C1CCCC1. The van der Waals surface area contributed by atoms with Gasteiger partial charge in [-0.3, -0.25) is 9.59 Å². The van der Waals surface area contributed by atoms with Gasteiger partial charge in [0.25, 0.3) is 0 Å². The summed E-state index contributed by atoms with van der Waals surface area (Å²) in [6, 6.07) is 3.04. The van der Waals surface area contributed by atoms with Gasteiger partial charge in [-0.2, -0.15) is 0 Å². The summed E-state index contributed by atoms with van der Waals surface area (Å²) >= 11 is 0. The Balaban J connectivity index is 1.48. The minimum Gasteiger partial charge on any atom is -0.330 e. The van der Waals surface area contributed by atoms with Crippen LogP contribution in [0.2, 0.25) is 0 Å². The first-order valence-corrected chi connectivity index (χ1v) is 9.77. The Hall–Kier alpha value is -1.95. The highest BCUT2D eigenvalue weighted by atomic mass is 19.1.